The molecule has 0 saturated carbocycles. The third kappa shape index (κ3) is 2.91. The van der Waals surface area contributed by atoms with Gasteiger partial charge in [-0.25, -0.2) is 0 Å². The van der Waals surface area contributed by atoms with Crippen molar-refractivity contribution in [1.82, 2.24) is 9.80 Å². The van der Waals surface area contributed by atoms with Crippen LogP contribution in [0.5, 0.6) is 0 Å². The normalized spacial score (nSPS) is 19.2. The van der Waals surface area contributed by atoms with Crippen molar-refractivity contribution >= 4 is 16.5 Å². The van der Waals surface area contributed by atoms with Gasteiger partial charge in [-0.15, -0.1) is 0 Å². The highest BCUT2D eigenvalue weighted by Crippen LogP contribution is 2.36. The van der Waals surface area contributed by atoms with Crippen molar-refractivity contribution in [3.63, 3.8) is 0 Å². The lowest BCUT2D eigenvalue weighted by Crippen LogP contribution is -2.44. The summed E-state index contributed by atoms with van der Waals surface area (Å²) in [6.45, 7) is 10.3. The van der Waals surface area contributed by atoms with Gasteiger partial charge in [0.2, 0.25) is 0 Å². The molecule has 0 radical (unpaired) electrons. The lowest BCUT2D eigenvalue weighted by molar-refractivity contribution is 0.248. The highest BCUT2D eigenvalue weighted by molar-refractivity contribution is 5.99. The van der Waals surface area contributed by atoms with Crippen LogP contribution in [0.25, 0.3) is 10.8 Å². The summed E-state index contributed by atoms with van der Waals surface area (Å²) in [5.41, 5.74) is 4.47. The molecule has 1 fully saturated rings. The maximum Gasteiger partial charge on any atom is 0.0447 e. The molecule has 128 valence electrons. The summed E-state index contributed by atoms with van der Waals surface area (Å²) in [5, 5.41) is 2.99. The number of hydrogen-bond acceptors (Lipinski definition) is 3. The van der Waals surface area contributed by atoms with Gasteiger partial charge in [-0.2, -0.15) is 0 Å². The zero-order chi connectivity index (χ0) is 16.5. The van der Waals surface area contributed by atoms with Gasteiger partial charge in [0.1, 0.15) is 0 Å². The Balaban J connectivity index is 1.69. The predicted molar refractivity (Wildman–Crippen MR) is 103 cm³/mol. The molecule has 1 saturated heterocycles. The smallest absolute Gasteiger partial charge is 0.0447 e. The van der Waals surface area contributed by atoms with Gasteiger partial charge >= 0.3 is 0 Å². The van der Waals surface area contributed by atoms with Crippen molar-refractivity contribution in [2.45, 2.75) is 32.9 Å². The fraction of sp³-hybridized carbons (Fsp3) is 0.524. The van der Waals surface area contributed by atoms with Crippen LogP contribution >= 0.6 is 0 Å². The molecule has 2 aromatic rings. The molecule has 2 aliphatic rings. The van der Waals surface area contributed by atoms with Gasteiger partial charge in [0.05, 0.1) is 0 Å². The van der Waals surface area contributed by atoms with E-state index >= 15 is 0 Å². The monoisotopic (exact) mass is 323 g/mol. The average Bonchev–Trinajstić information content (AvgIpc) is 2.61. The zero-order valence-electron chi connectivity index (χ0n) is 15.1. The van der Waals surface area contributed by atoms with E-state index in [4.69, 9.17) is 0 Å². The molecule has 0 spiro atoms. The summed E-state index contributed by atoms with van der Waals surface area (Å²) in [7, 11) is 2.22. The van der Waals surface area contributed by atoms with E-state index in [2.05, 4.69) is 59.0 Å². The topological polar surface area (TPSA) is 9.72 Å². The minimum Gasteiger partial charge on any atom is -0.368 e. The van der Waals surface area contributed by atoms with Crippen molar-refractivity contribution in [2.24, 2.45) is 0 Å². The molecular weight excluding hydrogens is 294 g/mol. The van der Waals surface area contributed by atoms with Gasteiger partial charge < -0.3 is 9.80 Å². The third-order valence-electron chi connectivity index (χ3n) is 5.65. The maximum atomic E-state index is 2.61. The summed E-state index contributed by atoms with van der Waals surface area (Å²) in [4.78, 5) is 7.61. The predicted octanol–water partition coefficient (Wildman–Crippen LogP) is 3.71. The maximum absolute atomic E-state index is 2.61. The number of anilines is 1. The second-order valence-electron chi connectivity index (χ2n) is 7.44. The fourth-order valence-electron chi connectivity index (χ4n) is 4.21. The molecule has 2 heterocycles. The number of benzene rings is 2. The highest BCUT2D eigenvalue weighted by atomic mass is 15.2. The lowest BCUT2D eigenvalue weighted by Gasteiger charge is -2.36. The van der Waals surface area contributed by atoms with Crippen LogP contribution in [-0.4, -0.2) is 49.6 Å². The number of rotatable bonds is 4. The molecule has 3 nitrogen and oxygen atoms in total. The number of likely N-dealkylation sites (N-methyl/N-ethyl adjacent to an activating group) is 1. The van der Waals surface area contributed by atoms with Gasteiger partial charge in [-0.3, -0.25) is 4.90 Å². The van der Waals surface area contributed by atoms with Crippen molar-refractivity contribution in [1.29, 1.82) is 0 Å². The minimum atomic E-state index is 1.11. The van der Waals surface area contributed by atoms with Crippen LogP contribution in [0.4, 0.5) is 5.69 Å². The standard InChI is InChI=1S/C21H29N3/c1-3-4-10-23-15-17-6-5-7-19-20(9-8-18(16-23)21(17)19)24-13-11-22(2)12-14-24/h5-9H,3-4,10-16H2,1-2H3. The molecular formula is C21H29N3. The molecule has 0 unspecified atom stereocenters. The molecule has 0 aromatic heterocycles. The zero-order valence-corrected chi connectivity index (χ0v) is 15.1. The van der Waals surface area contributed by atoms with E-state index in [-0.39, 0.29) is 0 Å². The van der Waals surface area contributed by atoms with E-state index in [1.807, 2.05) is 0 Å². The first-order chi connectivity index (χ1) is 11.8. The SMILES string of the molecule is CCCCN1Cc2cccc3c(N4CCN(C)CC4)ccc(c23)C1. The summed E-state index contributed by atoms with van der Waals surface area (Å²) < 4.78 is 0. The summed E-state index contributed by atoms with van der Waals surface area (Å²) in [6, 6.07) is 11.7. The van der Waals surface area contributed by atoms with E-state index in [1.54, 1.807) is 0 Å². The van der Waals surface area contributed by atoms with Gasteiger partial charge in [0, 0.05) is 50.3 Å². The largest absolute Gasteiger partial charge is 0.368 e. The summed E-state index contributed by atoms with van der Waals surface area (Å²) >= 11 is 0. The third-order valence-corrected chi connectivity index (χ3v) is 5.65. The molecule has 0 bridgehead atoms. The van der Waals surface area contributed by atoms with Gasteiger partial charge in [0.15, 0.2) is 0 Å². The molecule has 2 aliphatic heterocycles. The van der Waals surface area contributed by atoms with E-state index < -0.39 is 0 Å². The van der Waals surface area contributed by atoms with Crippen LogP contribution < -0.4 is 4.90 Å². The summed E-state index contributed by atoms with van der Waals surface area (Å²) in [5.74, 6) is 0. The minimum absolute atomic E-state index is 1.11. The Morgan fingerprint density at radius 3 is 2.42 bits per heavy atom. The van der Waals surface area contributed by atoms with Crippen LogP contribution in [0.3, 0.4) is 0 Å². The molecule has 0 atom stereocenters. The first kappa shape index (κ1) is 15.9. The van der Waals surface area contributed by atoms with Gasteiger partial charge in [-0.1, -0.05) is 37.6 Å². The Morgan fingerprint density at radius 2 is 1.67 bits per heavy atom. The van der Waals surface area contributed by atoms with Crippen LogP contribution in [0, 0.1) is 0 Å². The van der Waals surface area contributed by atoms with Crippen LogP contribution in [0.1, 0.15) is 30.9 Å². The van der Waals surface area contributed by atoms with Crippen molar-refractivity contribution in [3.05, 3.63) is 41.5 Å². The van der Waals surface area contributed by atoms with E-state index in [1.165, 1.54) is 47.0 Å². The Morgan fingerprint density at radius 1 is 0.917 bits per heavy atom. The average molecular weight is 323 g/mol. The summed E-state index contributed by atoms with van der Waals surface area (Å²) in [6.07, 6.45) is 2.57. The Labute approximate surface area is 145 Å². The molecule has 4 rings (SSSR count). The fourth-order valence-corrected chi connectivity index (χ4v) is 4.21. The number of piperazine rings is 1. The lowest BCUT2D eigenvalue weighted by atomic mass is 9.93. The second kappa shape index (κ2) is 6.73. The molecule has 24 heavy (non-hydrogen) atoms. The number of unbranched alkanes of at least 4 members (excludes halogenated alkanes) is 1. The molecule has 0 amide bonds. The van der Waals surface area contributed by atoms with Crippen LogP contribution in [0.15, 0.2) is 30.3 Å². The van der Waals surface area contributed by atoms with Gasteiger partial charge in [-0.05, 0) is 42.6 Å². The highest BCUT2D eigenvalue weighted by Gasteiger charge is 2.22. The first-order valence-corrected chi connectivity index (χ1v) is 9.45. The molecule has 2 aromatic carbocycles. The Bertz CT molecular complexity index is 704. The number of hydrogen-bond donors (Lipinski definition) is 0. The number of nitrogens with zero attached hydrogens (tertiary/aromatic N) is 3. The quantitative estimate of drug-likeness (QED) is 0.849. The van der Waals surface area contributed by atoms with Crippen molar-refractivity contribution in [3.8, 4) is 0 Å². The molecule has 0 N–H and O–H groups in total. The van der Waals surface area contributed by atoms with Crippen LogP contribution in [-0.2, 0) is 13.1 Å². The second-order valence-corrected chi connectivity index (χ2v) is 7.44. The molecule has 0 aliphatic carbocycles. The van der Waals surface area contributed by atoms with Crippen molar-refractivity contribution < 1.29 is 0 Å². The van der Waals surface area contributed by atoms with Gasteiger partial charge in [0.25, 0.3) is 0 Å². The van der Waals surface area contributed by atoms with E-state index in [9.17, 15) is 0 Å². The van der Waals surface area contributed by atoms with Crippen LogP contribution in [0.2, 0.25) is 0 Å². The van der Waals surface area contributed by atoms with Crippen molar-refractivity contribution in [2.75, 3.05) is 44.7 Å². The van der Waals surface area contributed by atoms with E-state index in [0.29, 0.717) is 0 Å². The Kier molecular flexibility index (Phi) is 4.47. The van der Waals surface area contributed by atoms with E-state index in [0.717, 1.165) is 39.3 Å². The Hall–Kier alpha value is -1.58. The first-order valence-electron chi connectivity index (χ1n) is 9.45. The molecule has 3 heteroatoms.